The van der Waals surface area contributed by atoms with Crippen molar-refractivity contribution in [1.29, 1.82) is 0 Å². The molecule has 0 spiro atoms. The number of carbonyl (C=O) groups is 2. The lowest BCUT2D eigenvalue weighted by Crippen LogP contribution is -2.33. The standard InChI is InChI=1S/C20H21NO4/c22-19(21-18(20(23)24)14-7-2-1-3-8-14)15-9-6-12-17(13-15)25-16-10-4-5-11-16/h1-3,6-9,12-13,16,18H,4-5,10-11H2,(H,21,22)(H,23,24). The summed E-state index contributed by atoms with van der Waals surface area (Å²) in [5, 5.41) is 12.0. The van der Waals surface area contributed by atoms with Gasteiger partial charge in [-0.3, -0.25) is 4.79 Å². The molecule has 1 aliphatic rings. The van der Waals surface area contributed by atoms with E-state index < -0.39 is 17.9 Å². The summed E-state index contributed by atoms with van der Waals surface area (Å²) < 4.78 is 5.91. The van der Waals surface area contributed by atoms with Crippen LogP contribution in [-0.4, -0.2) is 23.1 Å². The van der Waals surface area contributed by atoms with Crippen LogP contribution in [0.15, 0.2) is 54.6 Å². The Bertz CT molecular complexity index is 738. The number of nitrogens with one attached hydrogen (secondary N) is 1. The van der Waals surface area contributed by atoms with Crippen molar-refractivity contribution < 1.29 is 19.4 Å². The van der Waals surface area contributed by atoms with Crippen LogP contribution in [0.4, 0.5) is 0 Å². The number of amides is 1. The molecule has 2 aromatic carbocycles. The van der Waals surface area contributed by atoms with Crippen molar-refractivity contribution in [2.45, 2.75) is 37.8 Å². The number of carboxylic acids is 1. The molecule has 2 aromatic rings. The number of ether oxygens (including phenoxy) is 1. The molecule has 1 amide bonds. The molecule has 1 aliphatic carbocycles. The monoisotopic (exact) mass is 339 g/mol. The smallest absolute Gasteiger partial charge is 0.330 e. The molecule has 0 aliphatic heterocycles. The predicted molar refractivity (Wildman–Crippen MR) is 93.6 cm³/mol. The highest BCUT2D eigenvalue weighted by atomic mass is 16.5. The zero-order chi connectivity index (χ0) is 17.6. The first-order valence-corrected chi connectivity index (χ1v) is 8.49. The maximum absolute atomic E-state index is 12.5. The van der Waals surface area contributed by atoms with E-state index in [1.165, 1.54) is 12.8 Å². The maximum Gasteiger partial charge on any atom is 0.330 e. The zero-order valence-electron chi connectivity index (χ0n) is 13.9. The summed E-state index contributed by atoms with van der Waals surface area (Å²) in [6.45, 7) is 0. The summed E-state index contributed by atoms with van der Waals surface area (Å²) in [5.74, 6) is -0.892. The van der Waals surface area contributed by atoms with Gasteiger partial charge in [0.1, 0.15) is 5.75 Å². The van der Waals surface area contributed by atoms with Crippen LogP contribution >= 0.6 is 0 Å². The summed E-state index contributed by atoms with van der Waals surface area (Å²) in [6, 6.07) is 14.4. The third-order valence-electron chi connectivity index (χ3n) is 4.36. The van der Waals surface area contributed by atoms with Crippen molar-refractivity contribution in [1.82, 2.24) is 5.32 Å². The van der Waals surface area contributed by atoms with Gasteiger partial charge in [-0.15, -0.1) is 0 Å². The molecule has 0 heterocycles. The molecule has 1 atom stereocenters. The summed E-state index contributed by atoms with van der Waals surface area (Å²) in [5.41, 5.74) is 0.916. The van der Waals surface area contributed by atoms with Gasteiger partial charge in [0.2, 0.25) is 0 Å². The van der Waals surface area contributed by atoms with E-state index in [2.05, 4.69) is 5.32 Å². The van der Waals surface area contributed by atoms with Crippen LogP contribution in [0, 0.1) is 0 Å². The van der Waals surface area contributed by atoms with Crippen LogP contribution in [0.5, 0.6) is 5.75 Å². The van der Waals surface area contributed by atoms with Crippen LogP contribution in [0.3, 0.4) is 0 Å². The second-order valence-electron chi connectivity index (χ2n) is 6.21. The van der Waals surface area contributed by atoms with Gasteiger partial charge in [0.05, 0.1) is 6.10 Å². The van der Waals surface area contributed by atoms with Gasteiger partial charge in [-0.05, 0) is 49.4 Å². The van der Waals surface area contributed by atoms with Crippen molar-refractivity contribution in [3.8, 4) is 5.75 Å². The van der Waals surface area contributed by atoms with E-state index >= 15 is 0 Å². The largest absolute Gasteiger partial charge is 0.490 e. The van der Waals surface area contributed by atoms with E-state index in [-0.39, 0.29) is 6.10 Å². The molecule has 1 saturated carbocycles. The number of carboxylic acid groups (broad SMARTS) is 1. The third-order valence-corrected chi connectivity index (χ3v) is 4.36. The molecule has 25 heavy (non-hydrogen) atoms. The number of hydrogen-bond acceptors (Lipinski definition) is 3. The van der Waals surface area contributed by atoms with E-state index in [1.54, 1.807) is 48.5 Å². The highest BCUT2D eigenvalue weighted by molar-refractivity contribution is 5.97. The fourth-order valence-electron chi connectivity index (χ4n) is 3.06. The summed E-state index contributed by atoms with van der Waals surface area (Å²) in [7, 11) is 0. The second kappa shape index (κ2) is 7.83. The van der Waals surface area contributed by atoms with Crippen LogP contribution in [-0.2, 0) is 4.79 Å². The number of carbonyl (C=O) groups excluding carboxylic acids is 1. The molecule has 0 saturated heterocycles. The van der Waals surface area contributed by atoms with Gasteiger partial charge < -0.3 is 15.2 Å². The van der Waals surface area contributed by atoms with Gasteiger partial charge >= 0.3 is 5.97 Å². The minimum atomic E-state index is -1.10. The van der Waals surface area contributed by atoms with E-state index in [9.17, 15) is 14.7 Å². The number of aliphatic carboxylic acids is 1. The summed E-state index contributed by atoms with van der Waals surface area (Å²) >= 11 is 0. The predicted octanol–water partition coefficient (Wildman–Crippen LogP) is 3.56. The van der Waals surface area contributed by atoms with E-state index in [0.29, 0.717) is 16.9 Å². The molecule has 3 rings (SSSR count). The molecule has 0 aromatic heterocycles. The molecule has 2 N–H and O–H groups in total. The van der Waals surface area contributed by atoms with E-state index in [0.717, 1.165) is 12.8 Å². The fraction of sp³-hybridized carbons (Fsp3) is 0.300. The number of benzene rings is 2. The van der Waals surface area contributed by atoms with Gasteiger partial charge in [-0.1, -0.05) is 36.4 Å². The Morgan fingerprint density at radius 3 is 2.44 bits per heavy atom. The fourth-order valence-corrected chi connectivity index (χ4v) is 3.06. The first-order valence-electron chi connectivity index (χ1n) is 8.49. The van der Waals surface area contributed by atoms with Gasteiger partial charge in [-0.25, -0.2) is 4.79 Å². The average molecular weight is 339 g/mol. The Kier molecular flexibility index (Phi) is 5.33. The van der Waals surface area contributed by atoms with Gasteiger partial charge in [0, 0.05) is 5.56 Å². The van der Waals surface area contributed by atoms with E-state index in [1.807, 2.05) is 6.07 Å². The van der Waals surface area contributed by atoms with Crippen molar-refractivity contribution in [3.05, 3.63) is 65.7 Å². The molecule has 1 unspecified atom stereocenters. The lowest BCUT2D eigenvalue weighted by atomic mass is 10.1. The van der Waals surface area contributed by atoms with Gasteiger partial charge in [-0.2, -0.15) is 0 Å². The summed E-state index contributed by atoms with van der Waals surface area (Å²) in [4.78, 5) is 24.0. The molecule has 1 fully saturated rings. The topological polar surface area (TPSA) is 75.6 Å². The Hall–Kier alpha value is -2.82. The Balaban J connectivity index is 1.72. The van der Waals surface area contributed by atoms with Crippen LogP contribution in [0.25, 0.3) is 0 Å². The van der Waals surface area contributed by atoms with Crippen molar-refractivity contribution in [2.75, 3.05) is 0 Å². The molecular weight excluding hydrogens is 318 g/mol. The average Bonchev–Trinajstić information content (AvgIpc) is 3.13. The van der Waals surface area contributed by atoms with Crippen LogP contribution in [0.2, 0.25) is 0 Å². The molecule has 5 nitrogen and oxygen atoms in total. The van der Waals surface area contributed by atoms with Crippen LogP contribution in [0.1, 0.15) is 47.6 Å². The first kappa shape index (κ1) is 17.0. The lowest BCUT2D eigenvalue weighted by molar-refractivity contribution is -0.139. The normalized spacial score (nSPS) is 15.5. The zero-order valence-corrected chi connectivity index (χ0v) is 13.9. The highest BCUT2D eigenvalue weighted by Crippen LogP contribution is 2.25. The maximum atomic E-state index is 12.5. The van der Waals surface area contributed by atoms with E-state index in [4.69, 9.17) is 4.74 Å². The molecule has 5 heteroatoms. The quantitative estimate of drug-likeness (QED) is 0.844. The number of rotatable bonds is 6. The van der Waals surface area contributed by atoms with Crippen molar-refractivity contribution >= 4 is 11.9 Å². The Labute approximate surface area is 146 Å². The van der Waals surface area contributed by atoms with Gasteiger partial charge in [0.15, 0.2) is 6.04 Å². The third kappa shape index (κ3) is 4.38. The molecular formula is C20H21NO4. The molecule has 0 radical (unpaired) electrons. The minimum Gasteiger partial charge on any atom is -0.490 e. The van der Waals surface area contributed by atoms with Crippen molar-refractivity contribution in [2.24, 2.45) is 0 Å². The second-order valence-corrected chi connectivity index (χ2v) is 6.21. The van der Waals surface area contributed by atoms with Gasteiger partial charge in [0.25, 0.3) is 5.91 Å². The minimum absolute atomic E-state index is 0.203. The lowest BCUT2D eigenvalue weighted by Gasteiger charge is -2.16. The number of hydrogen-bond donors (Lipinski definition) is 2. The molecule has 130 valence electrons. The molecule has 0 bridgehead atoms. The van der Waals surface area contributed by atoms with Crippen LogP contribution < -0.4 is 10.1 Å². The van der Waals surface area contributed by atoms with Crippen molar-refractivity contribution in [3.63, 3.8) is 0 Å². The Morgan fingerprint density at radius 1 is 1.04 bits per heavy atom. The first-order chi connectivity index (χ1) is 12.1. The SMILES string of the molecule is O=C(NC(C(=O)O)c1ccccc1)c1cccc(OC2CCCC2)c1. The Morgan fingerprint density at radius 2 is 1.76 bits per heavy atom. The summed E-state index contributed by atoms with van der Waals surface area (Å²) in [6.07, 6.45) is 4.61. The highest BCUT2D eigenvalue weighted by Gasteiger charge is 2.23.